The van der Waals surface area contributed by atoms with Gasteiger partial charge in [0.1, 0.15) is 5.82 Å². The number of nitrogens with one attached hydrogen (secondary N) is 2. The van der Waals surface area contributed by atoms with E-state index in [9.17, 15) is 4.79 Å². The van der Waals surface area contributed by atoms with Crippen molar-refractivity contribution in [2.75, 3.05) is 18.8 Å². The van der Waals surface area contributed by atoms with Crippen molar-refractivity contribution in [3.63, 3.8) is 0 Å². The van der Waals surface area contributed by atoms with Gasteiger partial charge in [0, 0.05) is 22.8 Å². The van der Waals surface area contributed by atoms with E-state index in [1.54, 1.807) is 0 Å². The molecule has 3 aliphatic rings. The molecule has 5 nitrogen and oxygen atoms in total. The molecule has 150 valence electrons. The standard InChI is InChI=1S/C22H30N4OS/c1-22(2,25-20(27)19-15-10-23-11-16(15)19)21-24-12-17-18(8-5-9-26(17)21)28-13-14-6-3-4-7-14/h5,8-9,12,14-16,19,23H,3-4,6-7,10-11,13H2,1-2H3,(H,25,27)/t15-,16+,19-. The van der Waals surface area contributed by atoms with Crippen LogP contribution in [0.3, 0.4) is 0 Å². The average molecular weight is 399 g/mol. The van der Waals surface area contributed by atoms with E-state index >= 15 is 0 Å². The third kappa shape index (κ3) is 3.24. The highest BCUT2D eigenvalue weighted by atomic mass is 32.2. The lowest BCUT2D eigenvalue weighted by Crippen LogP contribution is -2.44. The Kier molecular flexibility index (Phi) is 4.67. The second-order valence-electron chi connectivity index (χ2n) is 9.30. The number of carbonyl (C=O) groups excluding carboxylic acids is 1. The Balaban J connectivity index is 1.33. The summed E-state index contributed by atoms with van der Waals surface area (Å²) in [5.41, 5.74) is 0.651. The molecule has 2 saturated carbocycles. The van der Waals surface area contributed by atoms with Crippen molar-refractivity contribution >= 4 is 23.2 Å². The van der Waals surface area contributed by atoms with E-state index in [-0.39, 0.29) is 11.8 Å². The summed E-state index contributed by atoms with van der Waals surface area (Å²) in [6.07, 6.45) is 9.56. The number of hydrogen-bond acceptors (Lipinski definition) is 4. The predicted molar refractivity (Wildman–Crippen MR) is 112 cm³/mol. The molecule has 5 rings (SSSR count). The predicted octanol–water partition coefficient (Wildman–Crippen LogP) is 3.43. The van der Waals surface area contributed by atoms with E-state index in [4.69, 9.17) is 4.98 Å². The fourth-order valence-electron chi connectivity index (χ4n) is 5.22. The van der Waals surface area contributed by atoms with Crippen molar-refractivity contribution in [2.45, 2.75) is 50.0 Å². The smallest absolute Gasteiger partial charge is 0.224 e. The van der Waals surface area contributed by atoms with Crippen LogP contribution in [0.25, 0.3) is 5.52 Å². The highest BCUT2D eigenvalue weighted by molar-refractivity contribution is 7.99. The Labute approximate surface area is 171 Å². The summed E-state index contributed by atoms with van der Waals surface area (Å²) in [6.45, 7) is 6.09. The number of piperidine rings is 1. The van der Waals surface area contributed by atoms with Gasteiger partial charge in [0.05, 0.1) is 17.3 Å². The zero-order chi connectivity index (χ0) is 19.3. The number of aromatic nitrogens is 2. The molecule has 1 aliphatic heterocycles. The molecular weight excluding hydrogens is 368 g/mol. The third-order valence-corrected chi connectivity index (χ3v) is 8.16. The Hall–Kier alpha value is -1.53. The van der Waals surface area contributed by atoms with E-state index in [1.807, 2.05) is 18.0 Å². The van der Waals surface area contributed by atoms with Crippen molar-refractivity contribution in [2.24, 2.45) is 23.7 Å². The topological polar surface area (TPSA) is 58.4 Å². The molecule has 2 aromatic heterocycles. The maximum Gasteiger partial charge on any atom is 0.224 e. The van der Waals surface area contributed by atoms with Crippen LogP contribution in [0.15, 0.2) is 29.4 Å². The lowest BCUT2D eigenvalue weighted by atomic mass is 10.0. The molecule has 0 radical (unpaired) electrons. The van der Waals surface area contributed by atoms with Crippen molar-refractivity contribution < 1.29 is 4.79 Å². The first-order chi connectivity index (χ1) is 13.5. The average Bonchev–Trinajstić information content (AvgIpc) is 3.18. The molecule has 2 N–H and O–H groups in total. The Morgan fingerprint density at radius 2 is 2.07 bits per heavy atom. The van der Waals surface area contributed by atoms with Crippen LogP contribution in [-0.2, 0) is 10.3 Å². The number of rotatable bonds is 6. The lowest BCUT2D eigenvalue weighted by Gasteiger charge is -2.26. The number of carbonyl (C=O) groups is 1. The molecule has 0 aromatic carbocycles. The van der Waals surface area contributed by atoms with Gasteiger partial charge in [-0.2, -0.15) is 0 Å². The first-order valence-electron chi connectivity index (χ1n) is 10.7. The third-order valence-electron chi connectivity index (χ3n) is 6.87. The molecule has 3 atom stereocenters. The number of amides is 1. The fraction of sp³-hybridized carbons (Fsp3) is 0.636. The number of imidazole rings is 1. The van der Waals surface area contributed by atoms with Gasteiger partial charge in [-0.1, -0.05) is 12.8 Å². The van der Waals surface area contributed by atoms with Crippen LogP contribution in [0, 0.1) is 23.7 Å². The highest BCUT2D eigenvalue weighted by Gasteiger charge is 2.57. The molecule has 1 saturated heterocycles. The summed E-state index contributed by atoms with van der Waals surface area (Å²) in [6, 6.07) is 4.30. The van der Waals surface area contributed by atoms with E-state index in [0.717, 1.165) is 30.3 Å². The zero-order valence-electron chi connectivity index (χ0n) is 16.8. The molecule has 3 heterocycles. The summed E-state index contributed by atoms with van der Waals surface area (Å²) in [5, 5.41) is 6.64. The van der Waals surface area contributed by atoms with Crippen LogP contribution in [-0.4, -0.2) is 34.1 Å². The van der Waals surface area contributed by atoms with Gasteiger partial charge in [-0.25, -0.2) is 4.98 Å². The molecule has 2 aromatic rings. The van der Waals surface area contributed by atoms with E-state index in [1.165, 1.54) is 36.3 Å². The number of hydrogen-bond donors (Lipinski definition) is 2. The zero-order valence-corrected chi connectivity index (χ0v) is 17.6. The van der Waals surface area contributed by atoms with E-state index < -0.39 is 5.54 Å². The van der Waals surface area contributed by atoms with Gasteiger partial charge in [-0.15, -0.1) is 11.8 Å². The van der Waals surface area contributed by atoms with Crippen LogP contribution >= 0.6 is 11.8 Å². The van der Waals surface area contributed by atoms with Crippen molar-refractivity contribution in [1.29, 1.82) is 0 Å². The maximum atomic E-state index is 12.8. The lowest BCUT2D eigenvalue weighted by molar-refractivity contribution is -0.124. The molecule has 28 heavy (non-hydrogen) atoms. The molecule has 3 fully saturated rings. The van der Waals surface area contributed by atoms with Gasteiger partial charge in [0.15, 0.2) is 0 Å². The van der Waals surface area contributed by atoms with Crippen LogP contribution in [0.2, 0.25) is 0 Å². The van der Waals surface area contributed by atoms with E-state index in [0.29, 0.717) is 11.8 Å². The summed E-state index contributed by atoms with van der Waals surface area (Å²) < 4.78 is 2.16. The minimum Gasteiger partial charge on any atom is -0.344 e. The Bertz CT molecular complexity index is 876. The van der Waals surface area contributed by atoms with Gasteiger partial charge in [0.2, 0.25) is 5.91 Å². The van der Waals surface area contributed by atoms with Crippen LogP contribution in [0.4, 0.5) is 0 Å². The first kappa shape index (κ1) is 18.5. The summed E-state index contributed by atoms with van der Waals surface area (Å²) in [5.74, 6) is 4.39. The number of pyridine rings is 1. The Morgan fingerprint density at radius 1 is 1.32 bits per heavy atom. The molecule has 2 aliphatic carbocycles. The van der Waals surface area contributed by atoms with Crippen LogP contribution in [0.5, 0.6) is 0 Å². The van der Waals surface area contributed by atoms with Gasteiger partial charge >= 0.3 is 0 Å². The van der Waals surface area contributed by atoms with Crippen molar-refractivity contribution in [1.82, 2.24) is 20.0 Å². The Morgan fingerprint density at radius 3 is 2.82 bits per heavy atom. The van der Waals surface area contributed by atoms with E-state index in [2.05, 4.69) is 47.2 Å². The summed E-state index contributed by atoms with van der Waals surface area (Å²) >= 11 is 1.96. The molecule has 0 bridgehead atoms. The van der Waals surface area contributed by atoms with Crippen molar-refractivity contribution in [3.05, 3.63) is 30.4 Å². The monoisotopic (exact) mass is 398 g/mol. The van der Waals surface area contributed by atoms with Gasteiger partial charge in [-0.05, 0) is 69.7 Å². The minimum atomic E-state index is -0.497. The second kappa shape index (κ2) is 7.06. The number of fused-ring (bicyclic) bond motifs is 2. The number of thioether (sulfide) groups is 1. The molecule has 1 amide bonds. The summed E-state index contributed by atoms with van der Waals surface area (Å²) in [7, 11) is 0. The molecule has 0 spiro atoms. The van der Waals surface area contributed by atoms with Gasteiger partial charge < -0.3 is 15.0 Å². The summed E-state index contributed by atoms with van der Waals surface area (Å²) in [4.78, 5) is 18.8. The largest absolute Gasteiger partial charge is 0.344 e. The quantitative estimate of drug-likeness (QED) is 0.732. The van der Waals surface area contributed by atoms with Crippen molar-refractivity contribution in [3.8, 4) is 0 Å². The van der Waals surface area contributed by atoms with Gasteiger partial charge in [-0.3, -0.25) is 4.79 Å². The molecule has 6 heteroatoms. The normalized spacial score (nSPS) is 27.3. The minimum absolute atomic E-state index is 0.185. The first-order valence-corrected chi connectivity index (χ1v) is 11.7. The fourth-order valence-corrected chi connectivity index (χ4v) is 6.44. The van der Waals surface area contributed by atoms with Gasteiger partial charge in [0.25, 0.3) is 0 Å². The van der Waals surface area contributed by atoms with Crippen LogP contribution in [0.1, 0.15) is 45.4 Å². The molecular formula is C22H30N4OS. The highest BCUT2D eigenvalue weighted by Crippen LogP contribution is 2.49. The maximum absolute atomic E-state index is 12.8. The second-order valence-corrected chi connectivity index (χ2v) is 10.4. The molecule has 0 unspecified atom stereocenters. The SMILES string of the molecule is CC(C)(NC(=O)[C@@H]1[C@@H]2CNC[C@@H]21)c1ncc2c(SCC3CCCC3)cccn12. The number of nitrogens with zero attached hydrogens (tertiary/aromatic N) is 2. The van der Waals surface area contributed by atoms with Crippen LogP contribution < -0.4 is 10.6 Å².